The van der Waals surface area contributed by atoms with Crippen molar-refractivity contribution in [3.63, 3.8) is 0 Å². The maximum atomic E-state index is 13.6. The number of nitrogens with one attached hydrogen (secondary N) is 1. The lowest BCUT2D eigenvalue weighted by Crippen LogP contribution is -2.54. The second-order valence-corrected chi connectivity index (χ2v) is 12.3. The lowest BCUT2D eigenvalue weighted by Gasteiger charge is -2.41. The number of carbonyl (C=O) groups excluding carboxylic acids is 1. The lowest BCUT2D eigenvalue weighted by molar-refractivity contribution is -0.148. The molecule has 5 atom stereocenters. The fourth-order valence-corrected chi connectivity index (χ4v) is 5.98. The molecular weight excluding hydrogens is 556 g/mol. The standard InChI is InChI=1S/C33H51ClN2O6/c1-8-9-16-42-25-18-23(3)13-11-10-12-22(2)17-24-19-26(30(34)27(20-24)41-7)36(6)29(38)14-15-33(4,28(37)21-25)31(35-5)32(39)40/h10-12,19-20,23,25,28,31,35,37H,8-9,13-18,21H2,1-7H3,(H,39,40)/b11-10+,22-12+. The highest BCUT2D eigenvalue weighted by molar-refractivity contribution is 6.35. The fraction of sp³-hybridized carbons (Fsp3) is 0.636. The molecule has 42 heavy (non-hydrogen) atoms. The Morgan fingerprint density at radius 3 is 2.64 bits per heavy atom. The highest BCUT2D eigenvalue weighted by Gasteiger charge is 2.45. The molecule has 5 unspecified atom stereocenters. The Kier molecular flexibility index (Phi) is 14.5. The molecule has 2 bridgehead atoms. The molecule has 0 aliphatic carbocycles. The number of allylic oxidation sites excluding steroid dienone is 4. The number of amides is 1. The van der Waals surface area contributed by atoms with Crippen molar-refractivity contribution >= 4 is 29.2 Å². The van der Waals surface area contributed by atoms with Crippen LogP contribution in [0.2, 0.25) is 5.02 Å². The van der Waals surface area contributed by atoms with Crippen LogP contribution in [0.3, 0.4) is 0 Å². The van der Waals surface area contributed by atoms with Crippen LogP contribution in [-0.2, 0) is 20.7 Å². The first-order valence-corrected chi connectivity index (χ1v) is 15.4. The van der Waals surface area contributed by atoms with Gasteiger partial charge in [0.15, 0.2) is 0 Å². The van der Waals surface area contributed by atoms with Gasteiger partial charge in [-0.3, -0.25) is 9.59 Å². The molecule has 0 spiro atoms. The van der Waals surface area contributed by atoms with E-state index < -0.39 is 23.5 Å². The average molecular weight is 607 g/mol. The first kappa shape index (κ1) is 35.8. The minimum atomic E-state index is -1.15. The lowest BCUT2D eigenvalue weighted by atomic mass is 9.71. The van der Waals surface area contributed by atoms with Gasteiger partial charge in [-0.2, -0.15) is 0 Å². The molecule has 1 aliphatic heterocycles. The van der Waals surface area contributed by atoms with Crippen molar-refractivity contribution in [2.45, 2.75) is 97.3 Å². The zero-order valence-corrected chi connectivity index (χ0v) is 27.2. The van der Waals surface area contributed by atoms with Crippen molar-refractivity contribution in [2.24, 2.45) is 11.3 Å². The molecule has 1 aromatic rings. The number of aliphatic carboxylic acids is 1. The molecule has 8 nitrogen and oxygen atoms in total. The van der Waals surface area contributed by atoms with Crippen LogP contribution in [0.25, 0.3) is 0 Å². The summed E-state index contributed by atoms with van der Waals surface area (Å²) in [6.45, 7) is 8.64. The third-order valence-electron chi connectivity index (χ3n) is 8.41. The number of rotatable bonds is 8. The van der Waals surface area contributed by atoms with Gasteiger partial charge in [0, 0.05) is 31.9 Å². The predicted octanol–water partition coefficient (Wildman–Crippen LogP) is 6.18. The van der Waals surface area contributed by atoms with Crippen molar-refractivity contribution in [1.29, 1.82) is 0 Å². The van der Waals surface area contributed by atoms with E-state index >= 15 is 0 Å². The number of benzene rings is 1. The number of hydrogen-bond donors (Lipinski definition) is 3. The summed E-state index contributed by atoms with van der Waals surface area (Å²) in [6, 6.07) is 2.70. The summed E-state index contributed by atoms with van der Waals surface area (Å²) in [5.41, 5.74) is 1.46. The van der Waals surface area contributed by atoms with E-state index in [0.29, 0.717) is 35.4 Å². The Labute approximate surface area is 257 Å². The monoisotopic (exact) mass is 606 g/mol. The smallest absolute Gasteiger partial charge is 0.321 e. The largest absolute Gasteiger partial charge is 0.495 e. The van der Waals surface area contributed by atoms with E-state index in [0.717, 1.165) is 36.8 Å². The summed E-state index contributed by atoms with van der Waals surface area (Å²) in [6.07, 6.45) is 9.58. The molecule has 1 aliphatic rings. The van der Waals surface area contributed by atoms with E-state index in [1.807, 2.05) is 12.1 Å². The zero-order valence-electron chi connectivity index (χ0n) is 26.4. The number of halogens is 1. The Morgan fingerprint density at radius 2 is 2.02 bits per heavy atom. The van der Waals surface area contributed by atoms with Crippen LogP contribution in [0.4, 0.5) is 5.69 Å². The topological polar surface area (TPSA) is 108 Å². The normalized spacial score (nSPS) is 27.6. The average Bonchev–Trinajstić information content (AvgIpc) is 2.94. The van der Waals surface area contributed by atoms with Gasteiger partial charge in [-0.25, -0.2) is 0 Å². The van der Waals surface area contributed by atoms with E-state index in [1.165, 1.54) is 4.90 Å². The molecule has 1 heterocycles. The van der Waals surface area contributed by atoms with Crippen LogP contribution >= 0.6 is 11.6 Å². The van der Waals surface area contributed by atoms with E-state index in [2.05, 4.69) is 44.3 Å². The number of hydrogen-bond acceptors (Lipinski definition) is 6. The molecular formula is C33H51ClN2O6. The second kappa shape index (κ2) is 17.0. The minimum absolute atomic E-state index is 0.0129. The predicted molar refractivity (Wildman–Crippen MR) is 170 cm³/mol. The number of ether oxygens (including phenoxy) is 2. The molecule has 0 fully saturated rings. The Balaban J connectivity index is 2.55. The van der Waals surface area contributed by atoms with Crippen molar-refractivity contribution in [1.82, 2.24) is 5.32 Å². The molecule has 0 radical (unpaired) electrons. The summed E-state index contributed by atoms with van der Waals surface area (Å²) < 4.78 is 11.8. The fourth-order valence-electron chi connectivity index (χ4n) is 5.66. The first-order valence-electron chi connectivity index (χ1n) is 15.0. The third-order valence-corrected chi connectivity index (χ3v) is 8.79. The van der Waals surface area contributed by atoms with E-state index in [1.54, 1.807) is 28.1 Å². The summed E-state index contributed by atoms with van der Waals surface area (Å²) in [4.78, 5) is 27.4. The van der Waals surface area contributed by atoms with Crippen LogP contribution in [0.5, 0.6) is 5.75 Å². The number of carboxylic acid groups (broad SMARTS) is 1. The molecule has 0 saturated carbocycles. The number of carboxylic acids is 1. The summed E-state index contributed by atoms with van der Waals surface area (Å²) in [7, 11) is 4.76. The highest BCUT2D eigenvalue weighted by Crippen LogP contribution is 2.39. The van der Waals surface area contributed by atoms with Gasteiger partial charge in [-0.15, -0.1) is 0 Å². The summed E-state index contributed by atoms with van der Waals surface area (Å²) in [5.74, 6) is -0.557. The van der Waals surface area contributed by atoms with E-state index in [9.17, 15) is 19.8 Å². The number of anilines is 1. The maximum absolute atomic E-state index is 13.6. The minimum Gasteiger partial charge on any atom is -0.495 e. The molecule has 1 amide bonds. The molecule has 9 heteroatoms. The molecule has 236 valence electrons. The quantitative estimate of drug-likeness (QED) is 0.303. The van der Waals surface area contributed by atoms with E-state index in [4.69, 9.17) is 21.1 Å². The number of aliphatic hydroxyl groups is 1. The molecule has 1 aromatic carbocycles. The van der Waals surface area contributed by atoms with Gasteiger partial charge >= 0.3 is 5.97 Å². The van der Waals surface area contributed by atoms with Gasteiger partial charge < -0.3 is 29.9 Å². The van der Waals surface area contributed by atoms with Crippen LogP contribution in [-0.4, -0.2) is 68.2 Å². The number of carbonyl (C=O) groups is 2. The number of aliphatic hydroxyl groups excluding tert-OH is 1. The summed E-state index contributed by atoms with van der Waals surface area (Å²) in [5, 5.41) is 25.0. The van der Waals surface area contributed by atoms with Gasteiger partial charge in [0.05, 0.1) is 25.0 Å². The van der Waals surface area contributed by atoms with Gasteiger partial charge in [0.1, 0.15) is 16.8 Å². The van der Waals surface area contributed by atoms with Crippen LogP contribution in [0, 0.1) is 11.3 Å². The molecule has 2 rings (SSSR count). The molecule has 3 N–H and O–H groups in total. The van der Waals surface area contributed by atoms with Gasteiger partial charge in [0.2, 0.25) is 5.91 Å². The van der Waals surface area contributed by atoms with E-state index in [-0.39, 0.29) is 31.3 Å². The van der Waals surface area contributed by atoms with Crippen molar-refractivity contribution in [3.05, 3.63) is 46.5 Å². The third kappa shape index (κ3) is 9.83. The Hall–Kier alpha value is -2.39. The van der Waals surface area contributed by atoms with Crippen LogP contribution in [0.1, 0.15) is 78.2 Å². The number of nitrogens with zero attached hydrogens (tertiary/aromatic N) is 1. The van der Waals surface area contributed by atoms with Crippen molar-refractivity contribution in [3.8, 4) is 5.75 Å². The SMILES string of the molecule is CCCCOC1CC(C)C/C=C/C=C(\C)Cc2cc(OC)c(Cl)c(c2)N(C)C(=O)CCC(C)(C(NC)C(=O)O)C(O)C1. The molecule has 0 aromatic heterocycles. The Bertz CT molecular complexity index is 1110. The van der Waals surface area contributed by atoms with Crippen LogP contribution < -0.4 is 15.0 Å². The number of unbranched alkanes of at least 4 members (excludes halogenated alkanes) is 1. The van der Waals surface area contributed by atoms with Gasteiger partial charge in [-0.1, -0.05) is 62.6 Å². The van der Waals surface area contributed by atoms with Crippen molar-refractivity contribution < 1.29 is 29.3 Å². The second-order valence-electron chi connectivity index (χ2n) is 11.9. The number of likely N-dealkylation sites (N-methyl/N-ethyl adjacent to an activating group) is 1. The molecule has 0 saturated heterocycles. The number of methoxy groups -OCH3 is 1. The highest BCUT2D eigenvalue weighted by atomic mass is 35.5. The van der Waals surface area contributed by atoms with Crippen molar-refractivity contribution in [2.75, 3.05) is 32.7 Å². The Morgan fingerprint density at radius 1 is 1.31 bits per heavy atom. The first-order chi connectivity index (χ1) is 19.9. The number of fused-ring (bicyclic) bond motifs is 2. The summed E-state index contributed by atoms with van der Waals surface area (Å²) >= 11 is 6.66. The van der Waals surface area contributed by atoms with Crippen LogP contribution in [0.15, 0.2) is 35.9 Å². The maximum Gasteiger partial charge on any atom is 0.321 e. The zero-order chi connectivity index (χ0) is 31.4. The van der Waals surface area contributed by atoms with Gasteiger partial charge in [-0.05, 0) is 69.7 Å². The van der Waals surface area contributed by atoms with Gasteiger partial charge in [0.25, 0.3) is 0 Å².